The standard InChI is InChI=1S/C15H31N3.C2H6/c1-13(2)16-7-5-15(6-8-16)18-11-9-17(10-12-18)14(3)4;1-2/h13-15H,5-12H2,1-4H3;1-2H3. The topological polar surface area (TPSA) is 9.72 Å². The van der Waals surface area contributed by atoms with Crippen LogP contribution in [-0.4, -0.2) is 72.1 Å². The Kier molecular flexibility index (Phi) is 8.08. The molecular weight excluding hydrogens is 246 g/mol. The lowest BCUT2D eigenvalue weighted by Crippen LogP contribution is -2.54. The average molecular weight is 284 g/mol. The Morgan fingerprint density at radius 2 is 1.05 bits per heavy atom. The monoisotopic (exact) mass is 283 g/mol. The van der Waals surface area contributed by atoms with Gasteiger partial charge in [0.1, 0.15) is 0 Å². The van der Waals surface area contributed by atoms with Crippen LogP contribution in [0.5, 0.6) is 0 Å². The molecule has 0 saturated carbocycles. The fraction of sp³-hybridized carbons (Fsp3) is 1.00. The minimum Gasteiger partial charge on any atom is -0.301 e. The lowest BCUT2D eigenvalue weighted by atomic mass is 10.0. The first-order valence-corrected chi connectivity index (χ1v) is 8.80. The molecule has 0 aromatic carbocycles. The fourth-order valence-corrected chi connectivity index (χ4v) is 3.39. The molecule has 2 fully saturated rings. The van der Waals surface area contributed by atoms with Crippen LogP contribution in [0.3, 0.4) is 0 Å². The molecule has 2 saturated heterocycles. The molecule has 0 amide bonds. The van der Waals surface area contributed by atoms with Crippen LogP contribution in [0.15, 0.2) is 0 Å². The summed E-state index contributed by atoms with van der Waals surface area (Å²) in [6.07, 6.45) is 2.75. The highest BCUT2D eigenvalue weighted by Gasteiger charge is 2.28. The summed E-state index contributed by atoms with van der Waals surface area (Å²) in [5.41, 5.74) is 0. The summed E-state index contributed by atoms with van der Waals surface area (Å²) >= 11 is 0. The molecule has 0 aliphatic carbocycles. The second-order valence-corrected chi connectivity index (χ2v) is 6.53. The van der Waals surface area contributed by atoms with E-state index in [-0.39, 0.29) is 0 Å². The van der Waals surface area contributed by atoms with Crippen LogP contribution >= 0.6 is 0 Å². The Labute approximate surface area is 127 Å². The molecule has 0 aromatic rings. The molecule has 120 valence electrons. The first-order valence-electron chi connectivity index (χ1n) is 8.80. The van der Waals surface area contributed by atoms with Crippen molar-refractivity contribution in [3.63, 3.8) is 0 Å². The van der Waals surface area contributed by atoms with Gasteiger partial charge in [-0.1, -0.05) is 13.8 Å². The Balaban J connectivity index is 0.000000956. The fourth-order valence-electron chi connectivity index (χ4n) is 3.39. The van der Waals surface area contributed by atoms with E-state index in [1.807, 2.05) is 13.8 Å². The van der Waals surface area contributed by atoms with Crippen molar-refractivity contribution in [3.8, 4) is 0 Å². The number of rotatable bonds is 3. The van der Waals surface area contributed by atoms with Gasteiger partial charge in [0.25, 0.3) is 0 Å². The van der Waals surface area contributed by atoms with E-state index in [1.54, 1.807) is 0 Å². The second kappa shape index (κ2) is 9.01. The van der Waals surface area contributed by atoms with Gasteiger partial charge in [-0.2, -0.15) is 0 Å². The summed E-state index contributed by atoms with van der Waals surface area (Å²) in [5, 5.41) is 0. The van der Waals surface area contributed by atoms with Gasteiger partial charge < -0.3 is 4.90 Å². The van der Waals surface area contributed by atoms with E-state index in [0.29, 0.717) is 0 Å². The molecule has 2 aliphatic rings. The van der Waals surface area contributed by atoms with Crippen molar-refractivity contribution in [2.75, 3.05) is 39.3 Å². The number of piperidine rings is 1. The van der Waals surface area contributed by atoms with Crippen molar-refractivity contribution >= 4 is 0 Å². The summed E-state index contributed by atoms with van der Waals surface area (Å²) < 4.78 is 0. The average Bonchev–Trinajstić information content (AvgIpc) is 2.49. The molecular formula is C17H37N3. The number of hydrogen-bond acceptors (Lipinski definition) is 3. The Morgan fingerprint density at radius 3 is 1.45 bits per heavy atom. The first-order chi connectivity index (χ1) is 9.58. The van der Waals surface area contributed by atoms with Crippen LogP contribution in [0.2, 0.25) is 0 Å². The molecule has 0 atom stereocenters. The molecule has 3 heteroatoms. The molecule has 0 spiro atoms. The number of likely N-dealkylation sites (tertiary alicyclic amines) is 1. The third-order valence-electron chi connectivity index (χ3n) is 4.82. The van der Waals surface area contributed by atoms with Gasteiger partial charge in [0.15, 0.2) is 0 Å². The van der Waals surface area contributed by atoms with E-state index in [9.17, 15) is 0 Å². The SMILES string of the molecule is CC.CC(C)N1CCC(N2CCN(C(C)C)CC2)CC1. The van der Waals surface area contributed by atoms with E-state index < -0.39 is 0 Å². The summed E-state index contributed by atoms with van der Waals surface area (Å²) in [4.78, 5) is 7.98. The van der Waals surface area contributed by atoms with E-state index in [0.717, 1.165) is 18.1 Å². The first kappa shape index (κ1) is 17.9. The maximum Gasteiger partial charge on any atom is 0.0121 e. The van der Waals surface area contributed by atoms with E-state index in [4.69, 9.17) is 0 Å². The lowest BCUT2D eigenvalue weighted by Gasteiger charge is -2.44. The third kappa shape index (κ3) is 5.01. The molecule has 0 bridgehead atoms. The smallest absolute Gasteiger partial charge is 0.0121 e. The molecule has 2 rings (SSSR count). The van der Waals surface area contributed by atoms with Gasteiger partial charge in [-0.3, -0.25) is 9.80 Å². The van der Waals surface area contributed by atoms with Crippen molar-refractivity contribution in [1.29, 1.82) is 0 Å². The number of nitrogens with zero attached hydrogens (tertiary/aromatic N) is 3. The van der Waals surface area contributed by atoms with Crippen LogP contribution < -0.4 is 0 Å². The Hall–Kier alpha value is -0.120. The van der Waals surface area contributed by atoms with Gasteiger partial charge in [-0.15, -0.1) is 0 Å². The quantitative estimate of drug-likeness (QED) is 0.788. The molecule has 0 aromatic heterocycles. The van der Waals surface area contributed by atoms with Crippen LogP contribution in [0.1, 0.15) is 54.4 Å². The minimum absolute atomic E-state index is 0.718. The van der Waals surface area contributed by atoms with Gasteiger partial charge in [-0.05, 0) is 53.6 Å². The van der Waals surface area contributed by atoms with E-state index >= 15 is 0 Å². The van der Waals surface area contributed by atoms with Gasteiger partial charge in [-0.25, -0.2) is 0 Å². The van der Waals surface area contributed by atoms with Crippen LogP contribution in [0.4, 0.5) is 0 Å². The Morgan fingerprint density at radius 1 is 0.650 bits per heavy atom. The van der Waals surface area contributed by atoms with Crippen molar-refractivity contribution in [3.05, 3.63) is 0 Å². The van der Waals surface area contributed by atoms with Crippen LogP contribution in [-0.2, 0) is 0 Å². The molecule has 0 unspecified atom stereocenters. The maximum absolute atomic E-state index is 2.75. The molecule has 3 nitrogen and oxygen atoms in total. The zero-order valence-corrected chi connectivity index (χ0v) is 14.7. The second-order valence-electron chi connectivity index (χ2n) is 6.53. The number of hydrogen-bond donors (Lipinski definition) is 0. The normalized spacial score (nSPS) is 24.0. The minimum atomic E-state index is 0.718. The number of piperazine rings is 1. The van der Waals surface area contributed by atoms with Gasteiger partial charge >= 0.3 is 0 Å². The highest BCUT2D eigenvalue weighted by atomic mass is 15.3. The molecule has 2 aliphatic heterocycles. The third-order valence-corrected chi connectivity index (χ3v) is 4.82. The van der Waals surface area contributed by atoms with Gasteiger partial charge in [0, 0.05) is 44.3 Å². The summed E-state index contributed by atoms with van der Waals surface area (Å²) in [7, 11) is 0. The summed E-state index contributed by atoms with van der Waals surface area (Å²) in [6.45, 7) is 21.0. The zero-order valence-electron chi connectivity index (χ0n) is 14.7. The molecule has 20 heavy (non-hydrogen) atoms. The van der Waals surface area contributed by atoms with E-state index in [1.165, 1.54) is 52.1 Å². The largest absolute Gasteiger partial charge is 0.301 e. The van der Waals surface area contributed by atoms with Crippen molar-refractivity contribution in [2.45, 2.75) is 72.5 Å². The molecule has 0 N–H and O–H groups in total. The highest BCUT2D eigenvalue weighted by molar-refractivity contribution is 4.84. The predicted octanol–water partition coefficient (Wildman–Crippen LogP) is 2.91. The van der Waals surface area contributed by atoms with Crippen molar-refractivity contribution < 1.29 is 0 Å². The van der Waals surface area contributed by atoms with Gasteiger partial charge in [0.2, 0.25) is 0 Å². The highest BCUT2D eigenvalue weighted by Crippen LogP contribution is 2.20. The predicted molar refractivity (Wildman–Crippen MR) is 89.4 cm³/mol. The van der Waals surface area contributed by atoms with Crippen molar-refractivity contribution in [1.82, 2.24) is 14.7 Å². The van der Waals surface area contributed by atoms with Crippen molar-refractivity contribution in [2.24, 2.45) is 0 Å². The Bertz CT molecular complexity index is 211. The van der Waals surface area contributed by atoms with Gasteiger partial charge in [0.05, 0.1) is 0 Å². The lowest BCUT2D eigenvalue weighted by molar-refractivity contribution is 0.0425. The van der Waals surface area contributed by atoms with E-state index in [2.05, 4.69) is 42.4 Å². The zero-order chi connectivity index (χ0) is 15.1. The molecule has 2 heterocycles. The maximum atomic E-state index is 2.75. The van der Waals surface area contributed by atoms with Crippen LogP contribution in [0.25, 0.3) is 0 Å². The molecule has 0 radical (unpaired) electrons. The summed E-state index contributed by atoms with van der Waals surface area (Å²) in [5.74, 6) is 0. The van der Waals surface area contributed by atoms with Crippen LogP contribution in [0, 0.1) is 0 Å². The summed E-state index contributed by atoms with van der Waals surface area (Å²) in [6, 6.07) is 2.30.